The molecule has 1 atom stereocenters. The van der Waals surface area contributed by atoms with Crippen LogP contribution in [0.5, 0.6) is 0 Å². The Kier molecular flexibility index (Phi) is 5.41. The van der Waals surface area contributed by atoms with Gasteiger partial charge in [0.1, 0.15) is 6.54 Å². The maximum Gasteiger partial charge on any atom is 0.435 e. The van der Waals surface area contributed by atoms with Crippen molar-refractivity contribution in [2.75, 3.05) is 19.6 Å². The van der Waals surface area contributed by atoms with Crippen LogP contribution in [0, 0.1) is 0 Å². The van der Waals surface area contributed by atoms with Crippen molar-refractivity contribution in [1.29, 1.82) is 0 Å². The summed E-state index contributed by atoms with van der Waals surface area (Å²) in [5.74, 6) is -0.217. The van der Waals surface area contributed by atoms with Crippen LogP contribution in [0.1, 0.15) is 12.6 Å². The summed E-state index contributed by atoms with van der Waals surface area (Å²) in [5.41, 5.74) is -0.978. The van der Waals surface area contributed by atoms with Crippen LogP contribution in [0.3, 0.4) is 0 Å². The normalized spacial score (nSPS) is 19.6. The molecule has 1 amide bonds. The third-order valence-corrected chi connectivity index (χ3v) is 3.05. The molecule has 0 saturated carbocycles. The van der Waals surface area contributed by atoms with E-state index in [1.54, 1.807) is 4.90 Å². The number of nitrogens with one attached hydrogen (secondary N) is 1. The molecular formula is C11H16ClF3N4O. The van der Waals surface area contributed by atoms with E-state index < -0.39 is 11.9 Å². The van der Waals surface area contributed by atoms with Gasteiger partial charge in [-0.25, -0.2) is 0 Å². The van der Waals surface area contributed by atoms with Gasteiger partial charge in [0, 0.05) is 31.9 Å². The van der Waals surface area contributed by atoms with Crippen LogP contribution in [0.15, 0.2) is 12.3 Å². The summed E-state index contributed by atoms with van der Waals surface area (Å²) in [7, 11) is 0. The lowest BCUT2D eigenvalue weighted by atomic mass is 10.2. The Balaban J connectivity index is 0.00000200. The molecular weight excluding hydrogens is 297 g/mol. The highest BCUT2D eigenvalue weighted by molar-refractivity contribution is 5.85. The highest BCUT2D eigenvalue weighted by Crippen LogP contribution is 2.27. The minimum absolute atomic E-state index is 0. The number of hydrogen-bond donors (Lipinski definition) is 1. The number of halogens is 4. The predicted molar refractivity (Wildman–Crippen MR) is 68.5 cm³/mol. The number of hydrogen-bond acceptors (Lipinski definition) is 3. The molecule has 1 aromatic heterocycles. The summed E-state index contributed by atoms with van der Waals surface area (Å²) in [6, 6.07) is 0.910. The van der Waals surface area contributed by atoms with Crippen molar-refractivity contribution in [3.8, 4) is 0 Å². The fourth-order valence-corrected chi connectivity index (χ4v) is 2.04. The predicted octanol–water partition coefficient (Wildman–Crippen LogP) is 1.14. The Morgan fingerprint density at radius 3 is 2.80 bits per heavy atom. The highest BCUT2D eigenvalue weighted by Gasteiger charge is 2.34. The summed E-state index contributed by atoms with van der Waals surface area (Å²) in [6.45, 7) is 3.68. The summed E-state index contributed by atoms with van der Waals surface area (Å²) < 4.78 is 38.2. The molecule has 0 spiro atoms. The number of carbonyl (C=O) groups is 1. The van der Waals surface area contributed by atoms with E-state index in [0.717, 1.165) is 10.7 Å². The first-order valence-electron chi connectivity index (χ1n) is 5.99. The Morgan fingerprint density at radius 1 is 1.55 bits per heavy atom. The Bertz CT molecular complexity index is 463. The Labute approximate surface area is 120 Å². The van der Waals surface area contributed by atoms with Gasteiger partial charge in [-0.2, -0.15) is 18.3 Å². The van der Waals surface area contributed by atoms with Crippen LogP contribution >= 0.6 is 12.4 Å². The molecule has 2 heterocycles. The first-order chi connectivity index (χ1) is 8.88. The maximum atomic E-state index is 12.4. The largest absolute Gasteiger partial charge is 0.435 e. The number of aromatic nitrogens is 2. The number of piperazine rings is 1. The van der Waals surface area contributed by atoms with E-state index in [9.17, 15) is 18.0 Å². The zero-order chi connectivity index (χ0) is 14.0. The van der Waals surface area contributed by atoms with Crippen molar-refractivity contribution < 1.29 is 18.0 Å². The first kappa shape index (κ1) is 16.8. The molecule has 114 valence electrons. The Morgan fingerprint density at radius 2 is 2.25 bits per heavy atom. The molecule has 0 radical (unpaired) electrons. The lowest BCUT2D eigenvalue weighted by molar-refractivity contribution is -0.142. The summed E-state index contributed by atoms with van der Waals surface area (Å²) in [4.78, 5) is 13.7. The summed E-state index contributed by atoms with van der Waals surface area (Å²) in [6.07, 6.45) is -3.30. The number of nitrogens with zero attached hydrogens (tertiary/aromatic N) is 3. The highest BCUT2D eigenvalue weighted by atomic mass is 35.5. The van der Waals surface area contributed by atoms with Crippen molar-refractivity contribution in [2.45, 2.75) is 25.7 Å². The van der Waals surface area contributed by atoms with Gasteiger partial charge < -0.3 is 10.2 Å². The average Bonchev–Trinajstić information content (AvgIpc) is 2.77. The number of carbonyl (C=O) groups excluding carboxylic acids is 1. The van der Waals surface area contributed by atoms with Crippen molar-refractivity contribution in [1.82, 2.24) is 20.0 Å². The minimum atomic E-state index is -4.48. The molecule has 5 nitrogen and oxygen atoms in total. The molecule has 0 unspecified atom stereocenters. The summed E-state index contributed by atoms with van der Waals surface area (Å²) >= 11 is 0. The van der Waals surface area contributed by atoms with Gasteiger partial charge >= 0.3 is 6.18 Å². The zero-order valence-electron chi connectivity index (χ0n) is 10.9. The van der Waals surface area contributed by atoms with Crippen LogP contribution in [-0.2, 0) is 17.5 Å². The standard InChI is InChI=1S/C11H15F3N4O.ClH/c1-8-6-15-3-5-18(8)10(19)7-17-4-2-9(16-17)11(12,13)14;/h2,4,8,15H,3,5-7H2,1H3;1H/t8-;/m0./s1. The topological polar surface area (TPSA) is 50.2 Å². The molecule has 1 saturated heterocycles. The second kappa shape index (κ2) is 6.45. The fourth-order valence-electron chi connectivity index (χ4n) is 2.04. The Hall–Kier alpha value is -1.28. The van der Waals surface area contributed by atoms with E-state index in [0.29, 0.717) is 19.6 Å². The third-order valence-electron chi connectivity index (χ3n) is 3.05. The molecule has 0 bridgehead atoms. The molecule has 1 aliphatic rings. The van der Waals surface area contributed by atoms with Gasteiger partial charge in [-0.15, -0.1) is 12.4 Å². The van der Waals surface area contributed by atoms with Crippen LogP contribution in [0.4, 0.5) is 13.2 Å². The second-order valence-electron chi connectivity index (χ2n) is 4.54. The fraction of sp³-hybridized carbons (Fsp3) is 0.636. The third kappa shape index (κ3) is 3.86. The molecule has 2 rings (SSSR count). The monoisotopic (exact) mass is 312 g/mol. The number of alkyl halides is 3. The lowest BCUT2D eigenvalue weighted by Gasteiger charge is -2.33. The summed E-state index contributed by atoms with van der Waals surface area (Å²) in [5, 5.41) is 6.51. The van der Waals surface area contributed by atoms with Crippen LogP contribution < -0.4 is 5.32 Å². The van der Waals surface area contributed by atoms with Crippen molar-refractivity contribution in [2.24, 2.45) is 0 Å². The minimum Gasteiger partial charge on any atom is -0.336 e. The molecule has 1 aromatic rings. The van der Waals surface area contributed by atoms with Crippen LogP contribution in [0.25, 0.3) is 0 Å². The second-order valence-corrected chi connectivity index (χ2v) is 4.54. The molecule has 0 aromatic carbocycles. The van der Waals surface area contributed by atoms with Crippen molar-refractivity contribution in [3.05, 3.63) is 18.0 Å². The molecule has 1 N–H and O–H groups in total. The molecule has 9 heteroatoms. The lowest BCUT2D eigenvalue weighted by Crippen LogP contribution is -2.53. The SMILES string of the molecule is C[C@H]1CNCCN1C(=O)Cn1ccc(C(F)(F)F)n1.Cl. The molecule has 1 fully saturated rings. The number of rotatable bonds is 2. The van der Waals surface area contributed by atoms with E-state index in [2.05, 4.69) is 10.4 Å². The molecule has 20 heavy (non-hydrogen) atoms. The van der Waals surface area contributed by atoms with E-state index in [1.807, 2.05) is 6.92 Å². The van der Waals surface area contributed by atoms with E-state index in [4.69, 9.17) is 0 Å². The molecule has 1 aliphatic heterocycles. The van der Waals surface area contributed by atoms with Crippen LogP contribution in [-0.4, -0.2) is 46.3 Å². The van der Waals surface area contributed by atoms with Gasteiger partial charge in [-0.05, 0) is 13.0 Å². The number of amides is 1. The van der Waals surface area contributed by atoms with Gasteiger partial charge in [0.05, 0.1) is 0 Å². The van der Waals surface area contributed by atoms with Gasteiger partial charge in [-0.3, -0.25) is 9.48 Å². The van der Waals surface area contributed by atoms with Crippen LogP contribution in [0.2, 0.25) is 0 Å². The quantitative estimate of drug-likeness (QED) is 0.891. The van der Waals surface area contributed by atoms with E-state index >= 15 is 0 Å². The average molecular weight is 313 g/mol. The van der Waals surface area contributed by atoms with Gasteiger partial charge in [-0.1, -0.05) is 0 Å². The van der Waals surface area contributed by atoms with Gasteiger partial charge in [0.15, 0.2) is 5.69 Å². The van der Waals surface area contributed by atoms with Crippen molar-refractivity contribution in [3.63, 3.8) is 0 Å². The maximum absolute atomic E-state index is 12.4. The molecule has 0 aliphatic carbocycles. The van der Waals surface area contributed by atoms with Gasteiger partial charge in [0.25, 0.3) is 0 Å². The van der Waals surface area contributed by atoms with E-state index in [1.165, 1.54) is 6.20 Å². The smallest absolute Gasteiger partial charge is 0.336 e. The first-order valence-corrected chi connectivity index (χ1v) is 5.99. The van der Waals surface area contributed by atoms with Crippen molar-refractivity contribution >= 4 is 18.3 Å². The van der Waals surface area contributed by atoms with Gasteiger partial charge in [0.2, 0.25) is 5.91 Å². The van der Waals surface area contributed by atoms with E-state index in [-0.39, 0.29) is 30.9 Å². The zero-order valence-corrected chi connectivity index (χ0v) is 11.7.